The molecule has 8 nitrogen and oxygen atoms in total. The van der Waals surface area contributed by atoms with Gasteiger partial charge in [-0.3, -0.25) is 9.80 Å². The predicted octanol–water partition coefficient (Wildman–Crippen LogP) is 6.10. The molecule has 2 saturated heterocycles. The lowest BCUT2D eigenvalue weighted by Gasteiger charge is -2.48. The molecule has 0 saturated carbocycles. The van der Waals surface area contributed by atoms with E-state index in [2.05, 4.69) is 20.3 Å². The van der Waals surface area contributed by atoms with Crippen LogP contribution in [0.15, 0.2) is 42.5 Å². The predicted molar refractivity (Wildman–Crippen MR) is 152 cm³/mol. The average Bonchev–Trinajstić information content (AvgIpc) is 3.65. The summed E-state index contributed by atoms with van der Waals surface area (Å²) in [6, 6.07) is 7.04. The summed E-state index contributed by atoms with van der Waals surface area (Å²) in [6.45, 7) is 4.28. The molecule has 3 heterocycles. The second kappa shape index (κ2) is 13.9. The fourth-order valence-corrected chi connectivity index (χ4v) is 6.20. The zero-order valence-corrected chi connectivity index (χ0v) is 25.4. The van der Waals surface area contributed by atoms with Crippen molar-refractivity contribution in [2.45, 2.75) is 63.0 Å². The molecule has 1 N–H and O–H groups in total. The third kappa shape index (κ3) is 7.71. The van der Waals surface area contributed by atoms with E-state index < -0.39 is 41.1 Å². The lowest BCUT2D eigenvalue weighted by molar-refractivity contribution is -0.248. The second-order valence-electron chi connectivity index (χ2n) is 11.6. The second-order valence-corrected chi connectivity index (χ2v) is 11.6. The molecule has 2 aromatic carbocycles. The number of nitrogens with zero attached hydrogens (tertiary/aromatic N) is 4. The van der Waals surface area contributed by atoms with Crippen LogP contribution in [0.4, 0.5) is 30.7 Å². The summed E-state index contributed by atoms with van der Waals surface area (Å²) in [6.07, 6.45) is -8.83. The van der Waals surface area contributed by atoms with Crippen LogP contribution in [0.3, 0.4) is 0 Å². The number of hydrogen-bond acceptors (Lipinski definition) is 7. The van der Waals surface area contributed by atoms with E-state index in [1.54, 1.807) is 7.11 Å². The van der Waals surface area contributed by atoms with E-state index in [9.17, 15) is 30.7 Å². The third-order valence-electron chi connectivity index (χ3n) is 8.59. The molecule has 3 aromatic rings. The molecule has 252 valence electrons. The SMILES string of the molecule is COC[C@@H]1CCCN1Cc1n[nH]nc1CCN1CCOC[C@@]1(O[C@H](C)c1cc(C(F)(F)F)cc(C(F)(F)F)c1)c1ccc(F)cc1. The molecule has 0 spiro atoms. The van der Waals surface area contributed by atoms with Crippen molar-refractivity contribution in [3.05, 3.63) is 81.9 Å². The number of benzene rings is 2. The number of hydrogen-bond donors (Lipinski definition) is 1. The van der Waals surface area contributed by atoms with Crippen LogP contribution >= 0.6 is 0 Å². The van der Waals surface area contributed by atoms with Crippen LogP contribution in [0.2, 0.25) is 0 Å². The van der Waals surface area contributed by atoms with Crippen molar-refractivity contribution in [3.63, 3.8) is 0 Å². The summed E-state index contributed by atoms with van der Waals surface area (Å²) in [4.78, 5) is 4.19. The number of alkyl halides is 6. The topological polar surface area (TPSA) is 75.7 Å². The van der Waals surface area contributed by atoms with Crippen LogP contribution in [0.1, 0.15) is 59.5 Å². The van der Waals surface area contributed by atoms with E-state index in [-0.39, 0.29) is 24.3 Å². The van der Waals surface area contributed by atoms with E-state index in [1.165, 1.54) is 31.2 Å². The summed E-state index contributed by atoms with van der Waals surface area (Å²) >= 11 is 0. The maximum Gasteiger partial charge on any atom is 0.416 e. The van der Waals surface area contributed by atoms with Crippen LogP contribution in [-0.4, -0.2) is 77.8 Å². The van der Waals surface area contributed by atoms with Gasteiger partial charge in [-0.25, -0.2) is 4.39 Å². The van der Waals surface area contributed by atoms with Crippen molar-refractivity contribution in [3.8, 4) is 0 Å². The van der Waals surface area contributed by atoms with Crippen molar-refractivity contribution in [1.29, 1.82) is 0 Å². The minimum atomic E-state index is -5.02. The van der Waals surface area contributed by atoms with Gasteiger partial charge in [0.15, 0.2) is 5.72 Å². The Kier molecular flexibility index (Phi) is 10.4. The number of aromatic nitrogens is 3. The quantitative estimate of drug-likeness (QED) is 0.250. The highest BCUT2D eigenvalue weighted by atomic mass is 19.4. The van der Waals surface area contributed by atoms with Gasteiger partial charge >= 0.3 is 12.4 Å². The first kappa shape index (κ1) is 34.2. The minimum Gasteiger partial charge on any atom is -0.383 e. The Bertz CT molecular complexity index is 1420. The molecule has 2 aliphatic heterocycles. The maximum absolute atomic E-state index is 14.0. The van der Waals surface area contributed by atoms with Crippen LogP contribution in [0, 0.1) is 5.82 Å². The Balaban J connectivity index is 1.44. The number of halogens is 7. The van der Waals surface area contributed by atoms with Gasteiger partial charge in [0.25, 0.3) is 0 Å². The largest absolute Gasteiger partial charge is 0.416 e. The smallest absolute Gasteiger partial charge is 0.383 e. The highest BCUT2D eigenvalue weighted by Crippen LogP contribution is 2.42. The first-order valence-electron chi connectivity index (χ1n) is 15.0. The van der Waals surface area contributed by atoms with E-state index in [4.69, 9.17) is 14.2 Å². The lowest BCUT2D eigenvalue weighted by atomic mass is 9.97. The van der Waals surface area contributed by atoms with E-state index in [0.29, 0.717) is 62.7 Å². The Morgan fingerprint density at radius 2 is 1.67 bits per heavy atom. The number of methoxy groups -OCH3 is 1. The summed E-state index contributed by atoms with van der Waals surface area (Å²) in [5.41, 5.74) is -2.76. The van der Waals surface area contributed by atoms with Crippen molar-refractivity contribution >= 4 is 0 Å². The number of rotatable bonds is 11. The third-order valence-corrected chi connectivity index (χ3v) is 8.59. The van der Waals surface area contributed by atoms with Crippen molar-refractivity contribution < 1.29 is 44.9 Å². The highest BCUT2D eigenvalue weighted by molar-refractivity contribution is 5.35. The number of morpholine rings is 1. The molecular formula is C31H36F7N5O3. The summed E-state index contributed by atoms with van der Waals surface area (Å²) in [7, 11) is 1.67. The van der Waals surface area contributed by atoms with E-state index in [0.717, 1.165) is 25.1 Å². The molecule has 46 heavy (non-hydrogen) atoms. The van der Waals surface area contributed by atoms with Gasteiger partial charge in [0.05, 0.1) is 48.4 Å². The molecule has 0 bridgehead atoms. The number of ether oxygens (including phenoxy) is 3. The zero-order chi connectivity index (χ0) is 33.1. The minimum absolute atomic E-state index is 0.0805. The molecule has 2 aliphatic rings. The van der Waals surface area contributed by atoms with Gasteiger partial charge in [0.1, 0.15) is 5.82 Å². The molecule has 3 atom stereocenters. The highest BCUT2D eigenvalue weighted by Gasteiger charge is 2.45. The number of nitrogens with one attached hydrogen (secondary N) is 1. The van der Waals surface area contributed by atoms with Crippen LogP contribution in [-0.2, 0) is 45.3 Å². The van der Waals surface area contributed by atoms with Gasteiger partial charge in [-0.2, -0.15) is 41.8 Å². The van der Waals surface area contributed by atoms with Crippen LogP contribution < -0.4 is 0 Å². The van der Waals surface area contributed by atoms with E-state index in [1.807, 2.05) is 4.90 Å². The molecule has 0 amide bonds. The van der Waals surface area contributed by atoms with Crippen molar-refractivity contribution in [2.75, 3.05) is 46.6 Å². The van der Waals surface area contributed by atoms with Gasteiger partial charge in [-0.05, 0) is 62.2 Å². The molecular weight excluding hydrogens is 623 g/mol. The fraction of sp³-hybridized carbons (Fsp3) is 0.548. The van der Waals surface area contributed by atoms with Crippen LogP contribution in [0.5, 0.6) is 0 Å². The Morgan fingerprint density at radius 1 is 1.00 bits per heavy atom. The molecule has 0 aliphatic carbocycles. The molecule has 1 aromatic heterocycles. The summed E-state index contributed by atoms with van der Waals surface area (Å²) in [5.74, 6) is -0.524. The number of H-pyrrole nitrogens is 1. The number of aromatic amines is 1. The van der Waals surface area contributed by atoms with Gasteiger partial charge in [0, 0.05) is 44.8 Å². The molecule has 15 heteroatoms. The monoisotopic (exact) mass is 659 g/mol. The standard InChI is InChI=1S/C31H36F7N5O3/c1-20(21-14-23(30(33,34)35)16-24(15-21)31(36,37)38)46-29(22-5-7-25(32)8-6-22)19-45-13-12-43(29)11-9-27-28(40-41-39-27)17-42-10-3-4-26(42)18-44-2/h5-8,14-16,20,26H,3-4,9-13,17-19H2,1-2H3,(H,39,40,41)/t20-,26+,29-/m1/s1. The van der Waals surface area contributed by atoms with Crippen LogP contribution in [0.25, 0.3) is 0 Å². The Labute approximate surface area is 261 Å². The van der Waals surface area contributed by atoms with Gasteiger partial charge in [0.2, 0.25) is 0 Å². The van der Waals surface area contributed by atoms with Gasteiger partial charge in [-0.15, -0.1) is 0 Å². The van der Waals surface area contributed by atoms with E-state index >= 15 is 0 Å². The molecule has 0 unspecified atom stereocenters. The Hall–Kier alpha value is -3.11. The normalized spacial score (nSPS) is 22.4. The lowest BCUT2D eigenvalue weighted by Crippen LogP contribution is -2.57. The maximum atomic E-state index is 14.0. The molecule has 0 radical (unpaired) electrons. The van der Waals surface area contributed by atoms with Gasteiger partial charge in [-0.1, -0.05) is 12.1 Å². The zero-order valence-electron chi connectivity index (χ0n) is 25.4. The van der Waals surface area contributed by atoms with Crippen molar-refractivity contribution in [1.82, 2.24) is 25.2 Å². The summed E-state index contributed by atoms with van der Waals surface area (Å²) in [5, 5.41) is 11.4. The molecule has 5 rings (SSSR count). The Morgan fingerprint density at radius 3 is 2.33 bits per heavy atom. The van der Waals surface area contributed by atoms with Crippen molar-refractivity contribution in [2.24, 2.45) is 0 Å². The summed E-state index contributed by atoms with van der Waals surface area (Å²) < 4.78 is 114. The fourth-order valence-electron chi connectivity index (χ4n) is 6.20. The molecule has 2 fully saturated rings. The van der Waals surface area contributed by atoms with Gasteiger partial charge < -0.3 is 14.2 Å². The number of likely N-dealkylation sites (tertiary alicyclic amines) is 1. The first-order valence-corrected chi connectivity index (χ1v) is 15.0. The first-order chi connectivity index (χ1) is 21.8. The average molecular weight is 660 g/mol.